The Morgan fingerprint density at radius 1 is 1.31 bits per heavy atom. The number of thiazole rings is 1. The molecule has 26 heavy (non-hydrogen) atoms. The summed E-state index contributed by atoms with van der Waals surface area (Å²) in [5.41, 5.74) is -1.33. The molecule has 0 atom stereocenters. The number of carbonyl (C=O) groups is 1. The fraction of sp³-hybridized carbons (Fsp3) is 0.412. The van der Waals surface area contributed by atoms with Crippen LogP contribution in [0.25, 0.3) is 0 Å². The van der Waals surface area contributed by atoms with E-state index in [9.17, 15) is 22.4 Å². The van der Waals surface area contributed by atoms with Crippen LogP contribution in [0.3, 0.4) is 0 Å². The summed E-state index contributed by atoms with van der Waals surface area (Å²) in [7, 11) is 0. The molecule has 0 spiro atoms. The summed E-state index contributed by atoms with van der Waals surface area (Å²) in [5.74, 6) is -2.67. The molecule has 0 saturated heterocycles. The van der Waals surface area contributed by atoms with Crippen molar-refractivity contribution in [2.24, 2.45) is 4.99 Å². The van der Waals surface area contributed by atoms with Crippen molar-refractivity contribution < 1.29 is 27.1 Å². The number of hydrogen-bond donors (Lipinski definition) is 0. The van der Waals surface area contributed by atoms with Gasteiger partial charge in [0, 0.05) is 23.7 Å². The molecule has 1 amide bonds. The molecule has 0 radical (unpaired) electrons. The molecule has 1 aromatic heterocycles. The van der Waals surface area contributed by atoms with Crippen molar-refractivity contribution in [3.8, 4) is 0 Å². The zero-order valence-corrected chi connectivity index (χ0v) is 15.3. The average molecular weight is 390 g/mol. The molecule has 1 aromatic carbocycles. The fourth-order valence-electron chi connectivity index (χ4n) is 2.31. The Morgan fingerprint density at radius 3 is 2.62 bits per heavy atom. The standard InChI is InChI=1S/C17H18F4N2O2S/c1-4-25-9-8-23-10(2)11(3)26-16(23)22-15(24)12-6-5-7-13(14(12)18)17(19,20)21/h5-7H,4,8-9H2,1-3H3. The van der Waals surface area contributed by atoms with E-state index in [0.717, 1.165) is 22.7 Å². The van der Waals surface area contributed by atoms with Gasteiger partial charge in [-0.25, -0.2) is 4.39 Å². The normalized spacial score (nSPS) is 12.7. The first-order valence-corrected chi connectivity index (χ1v) is 8.67. The molecule has 0 saturated carbocycles. The third-order valence-corrected chi connectivity index (χ3v) is 4.88. The van der Waals surface area contributed by atoms with Crippen LogP contribution in [-0.4, -0.2) is 23.7 Å². The first-order chi connectivity index (χ1) is 12.2. The number of hydrogen-bond acceptors (Lipinski definition) is 3. The summed E-state index contributed by atoms with van der Waals surface area (Å²) in [4.78, 5) is 17.4. The predicted octanol–water partition coefficient (Wildman–Crippen LogP) is 4.10. The Bertz CT molecular complexity index is 869. The first kappa shape index (κ1) is 20.3. The van der Waals surface area contributed by atoms with E-state index in [0.29, 0.717) is 30.6 Å². The maximum absolute atomic E-state index is 14.1. The summed E-state index contributed by atoms with van der Waals surface area (Å²) in [6.07, 6.45) is -4.88. The summed E-state index contributed by atoms with van der Waals surface area (Å²) in [6.45, 7) is 6.89. The van der Waals surface area contributed by atoms with Crippen LogP contribution in [-0.2, 0) is 17.5 Å². The molecule has 0 aliphatic rings. The van der Waals surface area contributed by atoms with Crippen LogP contribution in [0.4, 0.5) is 17.6 Å². The SMILES string of the molecule is CCOCCn1c(C)c(C)sc1=NC(=O)c1cccc(C(F)(F)F)c1F. The molecular weight excluding hydrogens is 372 g/mol. The van der Waals surface area contributed by atoms with E-state index in [-0.39, 0.29) is 0 Å². The summed E-state index contributed by atoms with van der Waals surface area (Å²) < 4.78 is 59.6. The van der Waals surface area contributed by atoms with Crippen molar-refractivity contribution in [3.05, 3.63) is 50.5 Å². The van der Waals surface area contributed by atoms with E-state index >= 15 is 0 Å². The molecule has 1 heterocycles. The smallest absolute Gasteiger partial charge is 0.380 e. The van der Waals surface area contributed by atoms with Crippen molar-refractivity contribution in [2.75, 3.05) is 13.2 Å². The highest BCUT2D eigenvalue weighted by Gasteiger charge is 2.35. The van der Waals surface area contributed by atoms with Crippen LogP contribution >= 0.6 is 11.3 Å². The lowest BCUT2D eigenvalue weighted by atomic mass is 10.1. The molecule has 0 aliphatic heterocycles. The molecule has 2 rings (SSSR count). The van der Waals surface area contributed by atoms with E-state index < -0.39 is 29.0 Å². The second-order valence-corrected chi connectivity index (χ2v) is 6.64. The Balaban J connectivity index is 2.45. The monoisotopic (exact) mass is 390 g/mol. The van der Waals surface area contributed by atoms with Crippen LogP contribution in [0.15, 0.2) is 23.2 Å². The summed E-state index contributed by atoms with van der Waals surface area (Å²) >= 11 is 1.21. The molecule has 9 heteroatoms. The number of aryl methyl sites for hydroxylation is 1. The molecule has 0 fully saturated rings. The second kappa shape index (κ2) is 8.13. The number of carbonyl (C=O) groups excluding carboxylic acids is 1. The van der Waals surface area contributed by atoms with Crippen LogP contribution < -0.4 is 4.80 Å². The van der Waals surface area contributed by atoms with Crippen molar-refractivity contribution >= 4 is 17.2 Å². The average Bonchev–Trinajstić information content (AvgIpc) is 2.81. The topological polar surface area (TPSA) is 43.6 Å². The lowest BCUT2D eigenvalue weighted by Gasteiger charge is -2.09. The quantitative estimate of drug-likeness (QED) is 0.570. The van der Waals surface area contributed by atoms with Gasteiger partial charge in [-0.05, 0) is 32.9 Å². The van der Waals surface area contributed by atoms with Crippen molar-refractivity contribution in [2.45, 2.75) is 33.5 Å². The molecule has 0 aliphatic carbocycles. The minimum Gasteiger partial charge on any atom is -0.380 e. The summed E-state index contributed by atoms with van der Waals surface area (Å²) in [5, 5.41) is 0. The van der Waals surface area contributed by atoms with Crippen molar-refractivity contribution in [1.29, 1.82) is 0 Å². The lowest BCUT2D eigenvalue weighted by Crippen LogP contribution is -2.21. The number of benzene rings is 1. The van der Waals surface area contributed by atoms with Gasteiger partial charge in [-0.2, -0.15) is 18.2 Å². The maximum Gasteiger partial charge on any atom is 0.419 e. The summed E-state index contributed by atoms with van der Waals surface area (Å²) in [6, 6.07) is 2.57. The largest absolute Gasteiger partial charge is 0.419 e. The number of aromatic nitrogens is 1. The molecule has 142 valence electrons. The van der Waals surface area contributed by atoms with Gasteiger partial charge in [-0.15, -0.1) is 11.3 Å². The van der Waals surface area contributed by atoms with Gasteiger partial charge in [0.25, 0.3) is 5.91 Å². The number of halogens is 4. The van der Waals surface area contributed by atoms with Crippen LogP contribution in [0, 0.1) is 19.7 Å². The minimum atomic E-state index is -4.88. The van der Waals surface area contributed by atoms with Crippen LogP contribution in [0.5, 0.6) is 0 Å². The van der Waals surface area contributed by atoms with Crippen LogP contribution in [0.2, 0.25) is 0 Å². The van der Waals surface area contributed by atoms with Gasteiger partial charge in [0.15, 0.2) is 4.80 Å². The van der Waals surface area contributed by atoms with E-state index in [4.69, 9.17) is 4.74 Å². The number of alkyl halides is 3. The number of nitrogens with zero attached hydrogens (tertiary/aromatic N) is 2. The Kier molecular flexibility index (Phi) is 6.35. The first-order valence-electron chi connectivity index (χ1n) is 7.86. The van der Waals surface area contributed by atoms with Gasteiger partial charge in [0.05, 0.1) is 17.7 Å². The van der Waals surface area contributed by atoms with Crippen LogP contribution in [0.1, 0.15) is 33.4 Å². The fourth-order valence-corrected chi connectivity index (χ4v) is 3.31. The third-order valence-electron chi connectivity index (χ3n) is 3.78. The Morgan fingerprint density at radius 2 is 2.00 bits per heavy atom. The molecule has 0 unspecified atom stereocenters. The van der Waals surface area contributed by atoms with Gasteiger partial charge >= 0.3 is 6.18 Å². The second-order valence-electron chi connectivity index (χ2n) is 5.46. The number of rotatable bonds is 5. The van der Waals surface area contributed by atoms with Gasteiger partial charge < -0.3 is 9.30 Å². The Labute approximate surface area is 151 Å². The number of amides is 1. The van der Waals surface area contributed by atoms with Crippen molar-refractivity contribution in [1.82, 2.24) is 4.57 Å². The Hall–Kier alpha value is -2.00. The third kappa shape index (κ3) is 4.39. The van der Waals surface area contributed by atoms with E-state index in [1.165, 1.54) is 11.3 Å². The molecule has 0 bridgehead atoms. The minimum absolute atomic E-state index is 0.293. The highest BCUT2D eigenvalue weighted by Crippen LogP contribution is 2.32. The predicted molar refractivity (Wildman–Crippen MR) is 89.6 cm³/mol. The van der Waals surface area contributed by atoms with E-state index in [1.807, 2.05) is 20.8 Å². The zero-order valence-electron chi connectivity index (χ0n) is 14.5. The molecular formula is C17H18F4N2O2S. The van der Waals surface area contributed by atoms with E-state index in [2.05, 4.69) is 4.99 Å². The van der Waals surface area contributed by atoms with Crippen molar-refractivity contribution in [3.63, 3.8) is 0 Å². The van der Waals surface area contributed by atoms with Gasteiger partial charge in [0.1, 0.15) is 5.82 Å². The van der Waals surface area contributed by atoms with Gasteiger partial charge in [0.2, 0.25) is 0 Å². The van der Waals surface area contributed by atoms with Gasteiger partial charge in [-0.1, -0.05) is 6.07 Å². The zero-order chi connectivity index (χ0) is 19.5. The van der Waals surface area contributed by atoms with Gasteiger partial charge in [-0.3, -0.25) is 4.79 Å². The van der Waals surface area contributed by atoms with E-state index in [1.54, 1.807) is 4.57 Å². The highest BCUT2D eigenvalue weighted by molar-refractivity contribution is 7.09. The molecule has 4 nitrogen and oxygen atoms in total. The lowest BCUT2D eigenvalue weighted by molar-refractivity contribution is -0.140. The highest BCUT2D eigenvalue weighted by atomic mass is 32.1. The maximum atomic E-state index is 14.1. The number of ether oxygens (including phenoxy) is 1. The molecule has 0 N–H and O–H groups in total. The molecule has 2 aromatic rings.